The van der Waals surface area contributed by atoms with Crippen LogP contribution in [0, 0.1) is 29.5 Å². The first-order valence-corrected chi connectivity index (χ1v) is 6.23. The summed E-state index contributed by atoms with van der Waals surface area (Å²) in [5.74, 6) is -0.370. The van der Waals surface area contributed by atoms with Crippen LogP contribution in [0.3, 0.4) is 0 Å². The molecule has 0 saturated heterocycles. The number of benzene rings is 1. The Bertz CT molecular complexity index is 497. The van der Waals surface area contributed by atoms with Crippen molar-refractivity contribution in [1.82, 2.24) is 0 Å². The molecule has 0 fully saturated rings. The highest BCUT2D eigenvalue weighted by Crippen LogP contribution is 2.15. The molecule has 3 nitrogen and oxygen atoms in total. The predicted octanol–water partition coefficient (Wildman–Crippen LogP) is 1.87. The van der Waals surface area contributed by atoms with Crippen LogP contribution in [0.15, 0.2) is 12.1 Å². The number of nitrogens with zero attached hydrogens (tertiary/aromatic N) is 1. The van der Waals surface area contributed by atoms with Gasteiger partial charge in [-0.3, -0.25) is 0 Å². The quantitative estimate of drug-likeness (QED) is 0.825. The highest BCUT2D eigenvalue weighted by Gasteiger charge is 2.23. The molecule has 102 valence electrons. The van der Waals surface area contributed by atoms with Crippen LogP contribution >= 0.6 is 0 Å². The van der Waals surface area contributed by atoms with Crippen LogP contribution < -0.4 is 5.46 Å². The van der Waals surface area contributed by atoms with E-state index in [1.165, 1.54) is 12.1 Å². The van der Waals surface area contributed by atoms with E-state index in [4.69, 9.17) is 15.0 Å². The molecule has 1 N–H and O–H groups in total. The third-order valence-corrected chi connectivity index (χ3v) is 3.05. The minimum atomic E-state index is -0.460. The highest BCUT2D eigenvalue weighted by atomic mass is 19.1. The lowest BCUT2D eigenvalue weighted by Gasteiger charge is -2.23. The molecule has 1 aromatic rings. The van der Waals surface area contributed by atoms with Crippen LogP contribution in [0.5, 0.6) is 0 Å². The highest BCUT2D eigenvalue weighted by molar-refractivity contribution is 6.66. The van der Waals surface area contributed by atoms with Gasteiger partial charge in [0.1, 0.15) is 5.82 Å². The summed E-state index contributed by atoms with van der Waals surface area (Å²) in [6.07, 6.45) is 0. The van der Waals surface area contributed by atoms with E-state index in [0.717, 1.165) is 0 Å². The molecule has 0 aromatic heterocycles. The second-order valence-electron chi connectivity index (χ2n) is 5.58. The first kappa shape index (κ1) is 15.7. The van der Waals surface area contributed by atoms with E-state index < -0.39 is 6.92 Å². The Hall–Kier alpha value is -1.38. The van der Waals surface area contributed by atoms with E-state index in [1.807, 2.05) is 19.9 Å². The molecule has 0 aliphatic rings. The lowest BCUT2D eigenvalue weighted by molar-refractivity contribution is 0.0982. The number of hydrogen-bond donors (Lipinski definition) is 1. The molecule has 1 aromatic carbocycles. The first-order chi connectivity index (χ1) is 8.80. The summed E-state index contributed by atoms with van der Waals surface area (Å²) in [6.45, 7) is 7.03. The molecule has 5 heteroatoms. The van der Waals surface area contributed by atoms with Gasteiger partial charge in [0.2, 0.25) is 0 Å². The molecule has 0 amide bonds. The average Bonchev–Trinajstić information content (AvgIpc) is 2.36. The molecule has 0 aliphatic heterocycles. The number of hydrogen-bond acceptors (Lipinski definition) is 3. The summed E-state index contributed by atoms with van der Waals surface area (Å²) in [5.41, 5.74) is 1.07. The van der Waals surface area contributed by atoms with Crippen LogP contribution in [0.25, 0.3) is 0 Å². The maximum atomic E-state index is 13.9. The number of rotatable bonds is 5. The van der Waals surface area contributed by atoms with E-state index >= 15 is 0 Å². The van der Waals surface area contributed by atoms with Gasteiger partial charge in [-0.2, -0.15) is 5.26 Å². The SMILES string of the molecule is CB(OCC(C)(C)CO)c1cc(C#N)c(C)cc1F. The zero-order chi connectivity index (χ0) is 14.6. The number of aryl methyl sites for hydroxylation is 1. The molecule has 1 rings (SSSR count). The molecule has 0 heterocycles. The minimum Gasteiger partial charge on any atom is -0.430 e. The minimum absolute atomic E-state index is 0.000451. The first-order valence-electron chi connectivity index (χ1n) is 6.23. The second-order valence-corrected chi connectivity index (χ2v) is 5.58. The lowest BCUT2D eigenvalue weighted by Crippen LogP contribution is -2.37. The molecule has 0 unspecified atom stereocenters. The number of aliphatic hydroxyl groups is 1. The Morgan fingerprint density at radius 3 is 2.63 bits per heavy atom. The maximum absolute atomic E-state index is 13.9. The summed E-state index contributed by atoms with van der Waals surface area (Å²) in [4.78, 5) is 0. The fourth-order valence-corrected chi connectivity index (χ4v) is 1.61. The van der Waals surface area contributed by atoms with Gasteiger partial charge in [0.25, 0.3) is 0 Å². The van der Waals surface area contributed by atoms with Gasteiger partial charge in [-0.15, -0.1) is 0 Å². The Morgan fingerprint density at radius 2 is 2.11 bits per heavy atom. The molecule has 0 aliphatic carbocycles. The summed E-state index contributed by atoms with van der Waals surface area (Å²) >= 11 is 0. The lowest BCUT2D eigenvalue weighted by atomic mass is 9.62. The van der Waals surface area contributed by atoms with Crippen LogP contribution in [0.4, 0.5) is 4.39 Å². The van der Waals surface area contributed by atoms with Crippen molar-refractivity contribution < 1.29 is 14.2 Å². The van der Waals surface area contributed by atoms with Crippen molar-refractivity contribution in [2.45, 2.75) is 27.6 Å². The zero-order valence-electron chi connectivity index (χ0n) is 11.8. The maximum Gasteiger partial charge on any atom is 0.326 e. The van der Waals surface area contributed by atoms with Crippen molar-refractivity contribution in [3.63, 3.8) is 0 Å². The molecular formula is C14H19BFNO2. The number of aliphatic hydroxyl groups excluding tert-OH is 1. The average molecular weight is 263 g/mol. The Morgan fingerprint density at radius 1 is 1.47 bits per heavy atom. The largest absolute Gasteiger partial charge is 0.430 e. The zero-order valence-corrected chi connectivity index (χ0v) is 11.8. The predicted molar refractivity (Wildman–Crippen MR) is 73.9 cm³/mol. The molecular weight excluding hydrogens is 244 g/mol. The Balaban J connectivity index is 2.89. The molecule has 0 spiro atoms. The molecule has 0 bridgehead atoms. The van der Waals surface area contributed by atoms with Crippen molar-refractivity contribution in [2.24, 2.45) is 5.41 Å². The van der Waals surface area contributed by atoms with Crippen LogP contribution in [-0.4, -0.2) is 25.2 Å². The fourth-order valence-electron chi connectivity index (χ4n) is 1.61. The van der Waals surface area contributed by atoms with Crippen molar-refractivity contribution in [2.75, 3.05) is 13.2 Å². The Labute approximate surface area is 114 Å². The molecule has 0 atom stereocenters. The van der Waals surface area contributed by atoms with Gasteiger partial charge in [0, 0.05) is 12.0 Å². The standard InChI is InChI=1S/C14H19BFNO2/c1-10-5-13(16)12(6-11(10)7-17)15(4)19-9-14(2,3)8-18/h5-6,18H,8-9H2,1-4H3. The topological polar surface area (TPSA) is 53.2 Å². The van der Waals surface area contributed by atoms with Crippen molar-refractivity contribution in [3.8, 4) is 6.07 Å². The van der Waals surface area contributed by atoms with Crippen LogP contribution in [0.1, 0.15) is 25.0 Å². The van der Waals surface area contributed by atoms with Gasteiger partial charge in [-0.1, -0.05) is 20.7 Å². The third kappa shape index (κ3) is 4.05. The monoisotopic (exact) mass is 263 g/mol. The van der Waals surface area contributed by atoms with Gasteiger partial charge in [-0.05, 0) is 30.1 Å². The van der Waals surface area contributed by atoms with Gasteiger partial charge >= 0.3 is 6.92 Å². The van der Waals surface area contributed by atoms with Gasteiger partial charge < -0.3 is 9.76 Å². The number of nitriles is 1. The van der Waals surface area contributed by atoms with Gasteiger partial charge in [0.15, 0.2) is 0 Å². The van der Waals surface area contributed by atoms with E-state index in [0.29, 0.717) is 23.2 Å². The summed E-state index contributed by atoms with van der Waals surface area (Å²) in [5, 5.41) is 18.1. The fraction of sp³-hybridized carbons (Fsp3) is 0.500. The normalized spacial score (nSPS) is 11.2. The van der Waals surface area contributed by atoms with Crippen molar-refractivity contribution >= 4 is 12.4 Å². The van der Waals surface area contributed by atoms with Crippen LogP contribution in [-0.2, 0) is 4.65 Å². The van der Waals surface area contributed by atoms with Crippen molar-refractivity contribution in [3.05, 3.63) is 29.1 Å². The van der Waals surface area contributed by atoms with E-state index in [9.17, 15) is 4.39 Å². The Kier molecular flexibility index (Phi) is 5.10. The van der Waals surface area contributed by atoms with Crippen molar-refractivity contribution in [1.29, 1.82) is 5.26 Å². The van der Waals surface area contributed by atoms with E-state index in [1.54, 1.807) is 13.7 Å². The number of halogens is 1. The third-order valence-electron chi connectivity index (χ3n) is 3.05. The van der Waals surface area contributed by atoms with E-state index in [-0.39, 0.29) is 17.8 Å². The van der Waals surface area contributed by atoms with Gasteiger partial charge in [-0.25, -0.2) is 4.39 Å². The molecule has 0 saturated carbocycles. The molecule has 19 heavy (non-hydrogen) atoms. The van der Waals surface area contributed by atoms with Crippen LogP contribution in [0.2, 0.25) is 6.82 Å². The van der Waals surface area contributed by atoms with E-state index in [2.05, 4.69) is 0 Å². The summed E-state index contributed by atoms with van der Waals surface area (Å²) in [6, 6.07) is 4.92. The smallest absolute Gasteiger partial charge is 0.326 e. The van der Waals surface area contributed by atoms with Gasteiger partial charge in [0.05, 0.1) is 18.2 Å². The summed E-state index contributed by atoms with van der Waals surface area (Å²) in [7, 11) is 0. The molecule has 0 radical (unpaired) electrons. The summed E-state index contributed by atoms with van der Waals surface area (Å²) < 4.78 is 19.5. The second kappa shape index (κ2) is 6.18.